The molecule has 2 aromatic carbocycles. The number of sulfonamides is 1. The van der Waals surface area contributed by atoms with E-state index in [-0.39, 0.29) is 24.2 Å². The van der Waals surface area contributed by atoms with E-state index < -0.39 is 22.6 Å². The van der Waals surface area contributed by atoms with Gasteiger partial charge in [0.05, 0.1) is 17.5 Å². The Hall–Kier alpha value is -3.07. The number of hydrogen-bond acceptors (Lipinski definition) is 7. The zero-order chi connectivity index (χ0) is 20.8. The highest BCUT2D eigenvalue weighted by Crippen LogP contribution is 2.35. The Kier molecular flexibility index (Phi) is 4.70. The van der Waals surface area contributed by atoms with E-state index in [1.54, 1.807) is 24.3 Å². The van der Waals surface area contributed by atoms with Gasteiger partial charge in [0, 0.05) is 11.6 Å². The molecular weight excluding hydrogens is 398 g/mol. The van der Waals surface area contributed by atoms with Crippen molar-refractivity contribution in [1.82, 2.24) is 0 Å². The fourth-order valence-corrected chi connectivity index (χ4v) is 4.87. The molecule has 0 unspecified atom stereocenters. The van der Waals surface area contributed by atoms with Crippen LogP contribution in [0.4, 0.5) is 5.69 Å². The van der Waals surface area contributed by atoms with Crippen LogP contribution in [0, 0.1) is 0 Å². The highest BCUT2D eigenvalue weighted by Gasteiger charge is 2.32. The minimum atomic E-state index is -3.39. The van der Waals surface area contributed by atoms with E-state index >= 15 is 0 Å². The molecule has 0 aliphatic carbocycles. The molecular formula is C20H19NO7S. The molecule has 0 fully saturated rings. The second-order valence-electron chi connectivity index (χ2n) is 7.02. The van der Waals surface area contributed by atoms with Crippen molar-refractivity contribution in [2.45, 2.75) is 19.4 Å². The number of benzene rings is 2. The van der Waals surface area contributed by atoms with Gasteiger partial charge in [-0.25, -0.2) is 13.2 Å². The van der Waals surface area contributed by atoms with Gasteiger partial charge in [-0.15, -0.1) is 0 Å². The first kappa shape index (κ1) is 19.3. The number of ether oxygens (including phenoxy) is 3. The summed E-state index contributed by atoms with van der Waals surface area (Å²) in [6.45, 7) is 1.49. The largest absolute Gasteiger partial charge is 0.454 e. The number of esters is 1. The van der Waals surface area contributed by atoms with E-state index in [4.69, 9.17) is 14.2 Å². The molecule has 2 aromatic rings. The van der Waals surface area contributed by atoms with Gasteiger partial charge in [-0.3, -0.25) is 9.10 Å². The molecule has 2 aliphatic rings. The molecule has 0 saturated carbocycles. The van der Waals surface area contributed by atoms with Crippen molar-refractivity contribution in [2.24, 2.45) is 0 Å². The van der Waals surface area contributed by atoms with E-state index in [1.165, 1.54) is 16.4 Å². The summed E-state index contributed by atoms with van der Waals surface area (Å²) < 4.78 is 40.9. The van der Waals surface area contributed by atoms with Gasteiger partial charge in [-0.2, -0.15) is 0 Å². The van der Waals surface area contributed by atoms with Crippen LogP contribution in [-0.2, 0) is 21.2 Å². The number of fused-ring (bicyclic) bond motifs is 2. The summed E-state index contributed by atoms with van der Waals surface area (Å²) in [5.41, 5.74) is 1.98. The Labute approximate surface area is 168 Å². The van der Waals surface area contributed by atoms with E-state index in [1.807, 2.05) is 6.92 Å². The predicted octanol–water partition coefficient (Wildman–Crippen LogP) is 2.17. The summed E-state index contributed by atoms with van der Waals surface area (Å²) in [5.74, 6) is -0.0101. The van der Waals surface area contributed by atoms with E-state index in [0.717, 1.165) is 11.8 Å². The number of hydrogen-bond donors (Lipinski definition) is 0. The minimum Gasteiger partial charge on any atom is -0.454 e. The topological polar surface area (TPSA) is 99.2 Å². The highest BCUT2D eigenvalue weighted by atomic mass is 32.2. The number of Topliss-reactive ketones (excluding diaryl/α,β-unsaturated/α-hetero) is 1. The lowest BCUT2D eigenvalue weighted by molar-refractivity contribution is 0.0474. The minimum absolute atomic E-state index is 0.0972. The van der Waals surface area contributed by atoms with Gasteiger partial charge >= 0.3 is 5.97 Å². The third-order valence-corrected chi connectivity index (χ3v) is 6.13. The maximum atomic E-state index is 12.5. The van der Waals surface area contributed by atoms with Crippen LogP contribution in [0.5, 0.6) is 11.5 Å². The van der Waals surface area contributed by atoms with Crippen molar-refractivity contribution in [1.29, 1.82) is 0 Å². The van der Waals surface area contributed by atoms with E-state index in [9.17, 15) is 18.0 Å². The lowest BCUT2D eigenvalue weighted by Crippen LogP contribution is -2.34. The first-order valence-electron chi connectivity index (χ1n) is 8.96. The Morgan fingerprint density at radius 2 is 1.83 bits per heavy atom. The predicted molar refractivity (Wildman–Crippen MR) is 104 cm³/mol. The maximum Gasteiger partial charge on any atom is 0.338 e. The highest BCUT2D eigenvalue weighted by molar-refractivity contribution is 7.92. The standard InChI is InChI=1S/C20H19NO7S/c1-12-7-15-8-13(3-5-16(15)21(12)29(2,24)25)17(22)10-26-20(23)14-4-6-18-19(9-14)28-11-27-18/h3-6,8-9,12H,7,10-11H2,1-2H3/t12-/m0/s1. The number of ketones is 1. The summed E-state index contributed by atoms with van der Waals surface area (Å²) in [6.07, 6.45) is 1.67. The summed E-state index contributed by atoms with van der Waals surface area (Å²) in [6, 6.07) is 9.26. The fourth-order valence-electron chi connectivity index (χ4n) is 3.60. The van der Waals surface area contributed by atoms with Gasteiger partial charge in [0.15, 0.2) is 23.9 Å². The van der Waals surface area contributed by atoms with Crippen molar-refractivity contribution in [3.63, 3.8) is 0 Å². The first-order valence-corrected chi connectivity index (χ1v) is 10.8. The quantitative estimate of drug-likeness (QED) is 0.543. The average Bonchev–Trinajstić information content (AvgIpc) is 3.26. The lowest BCUT2D eigenvalue weighted by Gasteiger charge is -2.21. The summed E-state index contributed by atoms with van der Waals surface area (Å²) in [4.78, 5) is 24.7. The number of carbonyl (C=O) groups excluding carboxylic acids is 2. The van der Waals surface area contributed by atoms with Crippen LogP contribution in [0.2, 0.25) is 0 Å². The van der Waals surface area contributed by atoms with Gasteiger partial charge in [-0.1, -0.05) is 0 Å². The third-order valence-electron chi connectivity index (χ3n) is 4.85. The second-order valence-corrected chi connectivity index (χ2v) is 8.88. The van der Waals surface area contributed by atoms with Gasteiger partial charge in [0.2, 0.25) is 16.8 Å². The molecule has 0 radical (unpaired) electrons. The zero-order valence-corrected chi connectivity index (χ0v) is 16.7. The van der Waals surface area contributed by atoms with Crippen LogP contribution in [0.15, 0.2) is 36.4 Å². The van der Waals surface area contributed by atoms with Crippen molar-refractivity contribution >= 4 is 27.5 Å². The molecule has 9 heteroatoms. The lowest BCUT2D eigenvalue weighted by atomic mass is 10.0. The molecule has 2 aliphatic heterocycles. The number of carbonyl (C=O) groups is 2. The Morgan fingerprint density at radius 1 is 1.10 bits per heavy atom. The molecule has 8 nitrogen and oxygen atoms in total. The van der Waals surface area contributed by atoms with Crippen molar-refractivity contribution < 1.29 is 32.2 Å². The Bertz CT molecular complexity index is 1110. The van der Waals surface area contributed by atoms with Crippen LogP contribution < -0.4 is 13.8 Å². The zero-order valence-electron chi connectivity index (χ0n) is 15.9. The van der Waals surface area contributed by atoms with Gasteiger partial charge in [0.1, 0.15) is 0 Å². The molecule has 0 aromatic heterocycles. The van der Waals surface area contributed by atoms with Crippen molar-refractivity contribution in [2.75, 3.05) is 24.0 Å². The monoisotopic (exact) mass is 417 g/mol. The number of anilines is 1. The van der Waals surface area contributed by atoms with E-state index in [0.29, 0.717) is 29.2 Å². The van der Waals surface area contributed by atoms with Crippen LogP contribution in [0.3, 0.4) is 0 Å². The molecule has 0 spiro atoms. The van der Waals surface area contributed by atoms with Crippen LogP contribution in [0.1, 0.15) is 33.2 Å². The smallest absolute Gasteiger partial charge is 0.338 e. The van der Waals surface area contributed by atoms with Gasteiger partial charge in [0.25, 0.3) is 0 Å². The molecule has 152 valence electrons. The molecule has 0 amide bonds. The first-order chi connectivity index (χ1) is 13.7. The number of nitrogens with zero attached hydrogens (tertiary/aromatic N) is 1. The normalized spacial score (nSPS) is 17.2. The molecule has 2 heterocycles. The molecule has 0 saturated heterocycles. The third kappa shape index (κ3) is 3.65. The Balaban J connectivity index is 1.44. The van der Waals surface area contributed by atoms with E-state index in [2.05, 4.69) is 0 Å². The summed E-state index contributed by atoms with van der Waals surface area (Å²) >= 11 is 0. The molecule has 1 atom stereocenters. The summed E-state index contributed by atoms with van der Waals surface area (Å²) in [5, 5.41) is 0. The van der Waals surface area contributed by atoms with Gasteiger partial charge < -0.3 is 14.2 Å². The van der Waals surface area contributed by atoms with Crippen LogP contribution in [0.25, 0.3) is 0 Å². The second kappa shape index (κ2) is 7.07. The van der Waals surface area contributed by atoms with Crippen LogP contribution >= 0.6 is 0 Å². The maximum absolute atomic E-state index is 12.5. The average molecular weight is 417 g/mol. The Morgan fingerprint density at radius 3 is 2.59 bits per heavy atom. The molecule has 0 N–H and O–H groups in total. The molecule has 0 bridgehead atoms. The van der Waals surface area contributed by atoms with Crippen molar-refractivity contribution in [3.8, 4) is 11.5 Å². The summed E-state index contributed by atoms with van der Waals surface area (Å²) in [7, 11) is -3.39. The number of rotatable bonds is 5. The van der Waals surface area contributed by atoms with Crippen molar-refractivity contribution in [3.05, 3.63) is 53.1 Å². The molecule has 29 heavy (non-hydrogen) atoms. The molecule has 4 rings (SSSR count). The fraction of sp³-hybridized carbons (Fsp3) is 0.300. The van der Waals surface area contributed by atoms with Gasteiger partial charge in [-0.05, 0) is 55.3 Å². The van der Waals surface area contributed by atoms with Crippen LogP contribution in [-0.4, -0.2) is 45.9 Å². The SMILES string of the molecule is C[C@H]1Cc2cc(C(=O)COC(=O)c3ccc4c(c3)OCO4)ccc2N1S(C)(=O)=O.